The summed E-state index contributed by atoms with van der Waals surface area (Å²) in [6, 6.07) is 10.6. The molecule has 1 aromatic heterocycles. The normalized spacial score (nSPS) is 10.4. The second-order valence-corrected chi connectivity index (χ2v) is 6.18. The molecule has 5 nitrogen and oxygen atoms in total. The van der Waals surface area contributed by atoms with Crippen LogP contribution in [0.25, 0.3) is 0 Å². The van der Waals surface area contributed by atoms with Crippen molar-refractivity contribution in [2.24, 2.45) is 0 Å². The fourth-order valence-corrected chi connectivity index (χ4v) is 3.02. The lowest BCUT2D eigenvalue weighted by Gasteiger charge is -2.07. The van der Waals surface area contributed by atoms with Crippen molar-refractivity contribution in [2.45, 2.75) is 23.3 Å². The van der Waals surface area contributed by atoms with Crippen LogP contribution in [0.15, 0.2) is 50.8 Å². The Morgan fingerprint density at radius 3 is 2.81 bits per heavy atom. The Labute approximate surface area is 135 Å². The Hall–Kier alpha value is -1.60. The number of hydrogen-bond acceptors (Lipinski definition) is 5. The molecule has 1 heterocycles. The van der Waals surface area contributed by atoms with Crippen molar-refractivity contribution in [3.63, 3.8) is 0 Å². The summed E-state index contributed by atoms with van der Waals surface area (Å²) in [5.74, 6) is 0.528. The number of hydrogen-bond donors (Lipinski definition) is 1. The first-order valence-electron chi connectivity index (χ1n) is 6.43. The summed E-state index contributed by atoms with van der Waals surface area (Å²) in [5, 5.41) is 14.7. The van der Waals surface area contributed by atoms with E-state index in [1.54, 1.807) is 0 Å². The zero-order chi connectivity index (χ0) is 15.2. The highest BCUT2D eigenvalue weighted by atomic mass is 79.9. The minimum absolute atomic E-state index is 0.0400. The first-order valence-corrected chi connectivity index (χ1v) is 8.04. The van der Waals surface area contributed by atoms with E-state index in [-0.39, 0.29) is 5.69 Å². The molecule has 2 aromatic rings. The first-order chi connectivity index (χ1) is 10.1. The van der Waals surface area contributed by atoms with Crippen molar-refractivity contribution >= 4 is 39.2 Å². The minimum atomic E-state index is -0.400. The van der Waals surface area contributed by atoms with Gasteiger partial charge in [-0.05, 0) is 34.5 Å². The molecule has 0 unspecified atom stereocenters. The van der Waals surface area contributed by atoms with Gasteiger partial charge in [-0.15, -0.1) is 0 Å². The summed E-state index contributed by atoms with van der Waals surface area (Å²) in [7, 11) is 0. The first kappa shape index (κ1) is 15.8. The highest BCUT2D eigenvalue weighted by Gasteiger charge is 2.13. The van der Waals surface area contributed by atoms with Crippen LogP contribution >= 0.6 is 27.7 Å². The van der Waals surface area contributed by atoms with Crippen molar-refractivity contribution < 1.29 is 4.92 Å². The van der Waals surface area contributed by atoms with Gasteiger partial charge in [0.05, 0.1) is 11.0 Å². The van der Waals surface area contributed by atoms with Gasteiger partial charge in [0, 0.05) is 22.0 Å². The lowest BCUT2D eigenvalue weighted by molar-refractivity contribution is -0.385. The van der Waals surface area contributed by atoms with Gasteiger partial charge in [0.25, 0.3) is 5.69 Å². The van der Waals surface area contributed by atoms with Crippen LogP contribution < -0.4 is 5.32 Å². The van der Waals surface area contributed by atoms with Crippen LogP contribution in [0.1, 0.15) is 13.3 Å². The Balaban J connectivity index is 2.31. The van der Waals surface area contributed by atoms with E-state index in [2.05, 4.69) is 26.2 Å². The average molecular weight is 368 g/mol. The third-order valence-corrected chi connectivity index (χ3v) is 4.55. The quantitative estimate of drug-likeness (QED) is 0.590. The van der Waals surface area contributed by atoms with Gasteiger partial charge in [0.15, 0.2) is 0 Å². The maximum Gasteiger partial charge on any atom is 0.275 e. The van der Waals surface area contributed by atoms with E-state index in [4.69, 9.17) is 0 Å². The zero-order valence-corrected chi connectivity index (χ0v) is 13.8. The third-order valence-electron chi connectivity index (χ3n) is 2.60. The molecule has 0 saturated heterocycles. The SMILES string of the molecule is CCCNc1cc([N+](=O)[O-])cc(Sc2ccccc2Br)n1. The van der Waals surface area contributed by atoms with Gasteiger partial charge in [-0.25, -0.2) is 4.98 Å². The number of nitrogens with one attached hydrogen (secondary N) is 1. The number of pyridine rings is 1. The zero-order valence-electron chi connectivity index (χ0n) is 11.4. The van der Waals surface area contributed by atoms with Crippen LogP contribution in [0, 0.1) is 10.1 Å². The largest absolute Gasteiger partial charge is 0.370 e. The monoisotopic (exact) mass is 367 g/mol. The van der Waals surface area contributed by atoms with Gasteiger partial charge < -0.3 is 5.32 Å². The minimum Gasteiger partial charge on any atom is -0.370 e. The fraction of sp³-hybridized carbons (Fsp3) is 0.214. The van der Waals surface area contributed by atoms with E-state index in [9.17, 15) is 10.1 Å². The Kier molecular flexibility index (Phi) is 5.58. The van der Waals surface area contributed by atoms with Gasteiger partial charge in [0.2, 0.25) is 0 Å². The molecule has 0 spiro atoms. The lowest BCUT2D eigenvalue weighted by atomic mass is 10.4. The fourth-order valence-electron chi connectivity index (χ4n) is 1.63. The molecule has 0 fully saturated rings. The smallest absolute Gasteiger partial charge is 0.275 e. The number of rotatable bonds is 6. The van der Waals surface area contributed by atoms with Gasteiger partial charge in [-0.3, -0.25) is 10.1 Å². The van der Waals surface area contributed by atoms with E-state index in [0.717, 1.165) is 22.3 Å². The van der Waals surface area contributed by atoms with Crippen LogP contribution in [0.2, 0.25) is 0 Å². The Bertz CT molecular complexity index is 652. The summed E-state index contributed by atoms with van der Waals surface area (Å²) >= 11 is 4.85. The van der Waals surface area contributed by atoms with Gasteiger partial charge in [-0.1, -0.05) is 30.8 Å². The molecule has 21 heavy (non-hydrogen) atoms. The molecule has 0 aliphatic heterocycles. The second-order valence-electron chi connectivity index (χ2n) is 4.27. The van der Waals surface area contributed by atoms with Crippen molar-refractivity contribution in [2.75, 3.05) is 11.9 Å². The van der Waals surface area contributed by atoms with Crippen LogP contribution in [0.4, 0.5) is 11.5 Å². The van der Waals surface area contributed by atoms with E-state index in [0.29, 0.717) is 10.8 Å². The molecule has 0 amide bonds. The molecule has 0 radical (unpaired) electrons. The predicted molar refractivity (Wildman–Crippen MR) is 87.9 cm³/mol. The molecule has 110 valence electrons. The summed E-state index contributed by atoms with van der Waals surface area (Å²) in [6.07, 6.45) is 0.928. The molecule has 0 aliphatic rings. The van der Waals surface area contributed by atoms with E-state index in [1.807, 2.05) is 31.2 Å². The number of aromatic nitrogens is 1. The van der Waals surface area contributed by atoms with Crippen LogP contribution in [0.5, 0.6) is 0 Å². The van der Waals surface area contributed by atoms with Crippen LogP contribution in [0.3, 0.4) is 0 Å². The standard InChI is InChI=1S/C14H14BrN3O2S/c1-2-7-16-13-8-10(18(19)20)9-14(17-13)21-12-6-4-3-5-11(12)15/h3-6,8-9H,2,7H2,1H3,(H,16,17). The highest BCUT2D eigenvalue weighted by Crippen LogP contribution is 2.34. The average Bonchev–Trinajstić information content (AvgIpc) is 2.47. The van der Waals surface area contributed by atoms with Crippen molar-refractivity contribution in [1.29, 1.82) is 0 Å². The van der Waals surface area contributed by atoms with Crippen molar-refractivity contribution in [3.05, 3.63) is 51.0 Å². The topological polar surface area (TPSA) is 68.1 Å². The summed E-state index contributed by atoms with van der Waals surface area (Å²) in [4.78, 5) is 16.0. The second kappa shape index (κ2) is 7.42. The molecule has 1 aromatic carbocycles. The number of nitro groups is 1. The number of anilines is 1. The molecule has 0 bridgehead atoms. The van der Waals surface area contributed by atoms with Crippen LogP contribution in [-0.2, 0) is 0 Å². The summed E-state index contributed by atoms with van der Waals surface area (Å²) in [6.45, 7) is 2.76. The molecular formula is C14H14BrN3O2S. The molecule has 2 rings (SSSR count). The van der Waals surface area contributed by atoms with Gasteiger partial charge in [0.1, 0.15) is 10.8 Å². The molecule has 1 N–H and O–H groups in total. The number of halogens is 1. The molecule has 0 atom stereocenters. The lowest BCUT2D eigenvalue weighted by Crippen LogP contribution is -2.03. The maximum absolute atomic E-state index is 11.0. The molecule has 0 saturated carbocycles. The Morgan fingerprint density at radius 2 is 2.14 bits per heavy atom. The molecular weight excluding hydrogens is 354 g/mol. The van der Waals surface area contributed by atoms with Crippen molar-refractivity contribution in [3.8, 4) is 0 Å². The van der Waals surface area contributed by atoms with Crippen molar-refractivity contribution in [1.82, 2.24) is 4.98 Å². The summed E-state index contributed by atoms with van der Waals surface area (Å²) < 4.78 is 0.936. The van der Waals surface area contributed by atoms with Gasteiger partial charge in [-0.2, -0.15) is 0 Å². The summed E-state index contributed by atoms with van der Waals surface area (Å²) in [5.41, 5.74) is 0.0400. The number of nitrogens with zero attached hydrogens (tertiary/aromatic N) is 2. The van der Waals surface area contributed by atoms with E-state index in [1.165, 1.54) is 23.9 Å². The highest BCUT2D eigenvalue weighted by molar-refractivity contribution is 9.10. The van der Waals surface area contributed by atoms with E-state index < -0.39 is 4.92 Å². The Morgan fingerprint density at radius 1 is 1.38 bits per heavy atom. The third kappa shape index (κ3) is 4.44. The number of benzene rings is 1. The molecule has 7 heteroatoms. The maximum atomic E-state index is 11.0. The van der Waals surface area contributed by atoms with E-state index >= 15 is 0 Å². The predicted octanol–water partition coefficient (Wildman–Crippen LogP) is 4.73. The molecule has 0 aliphatic carbocycles. The van der Waals surface area contributed by atoms with Crippen LogP contribution in [-0.4, -0.2) is 16.5 Å². The van der Waals surface area contributed by atoms with Gasteiger partial charge >= 0.3 is 0 Å².